The van der Waals surface area contributed by atoms with Gasteiger partial charge in [-0.25, -0.2) is 32.3 Å². The molecule has 0 saturated heterocycles. The number of fused-ring (bicyclic) bond motifs is 2. The molecule has 2 saturated carbocycles. The van der Waals surface area contributed by atoms with Crippen LogP contribution in [0.15, 0.2) is 70.7 Å². The fraction of sp³-hybridized carbons (Fsp3) is 0.453. The third-order valence-corrected chi connectivity index (χ3v) is 15.7. The number of carbonyl (C=O) groups is 5. The first kappa shape index (κ1) is 64.4. The van der Waals surface area contributed by atoms with Gasteiger partial charge in [0.2, 0.25) is 5.91 Å². The number of aliphatic carboxylic acids is 1. The first-order valence-corrected chi connectivity index (χ1v) is 27.9. The van der Waals surface area contributed by atoms with E-state index in [4.69, 9.17) is 35.3 Å². The monoisotopic (exact) mass is 1280 g/mol. The Kier molecular flexibility index (Phi) is 23.9. The first-order valence-electron chi connectivity index (χ1n) is 25.5. The summed E-state index contributed by atoms with van der Waals surface area (Å²) in [7, 11) is 0. The molecule has 79 heavy (non-hydrogen) atoms. The normalized spacial score (nSPS) is 17.9. The molecule has 17 nitrogen and oxygen atoms in total. The van der Waals surface area contributed by atoms with Crippen LogP contribution in [-0.2, 0) is 58.0 Å². The lowest BCUT2D eigenvalue weighted by atomic mass is 9.95. The number of imidazole rings is 4. The minimum Gasteiger partial charge on any atom is -0.481 e. The van der Waals surface area contributed by atoms with Crippen LogP contribution in [0.1, 0.15) is 119 Å². The molecule has 0 bridgehead atoms. The van der Waals surface area contributed by atoms with Crippen LogP contribution in [0.25, 0.3) is 0 Å². The number of ketones is 2. The molecule has 2 aliphatic heterocycles. The number of halogens is 7. The second-order valence-electron chi connectivity index (χ2n) is 19.7. The maximum atomic E-state index is 14.5. The zero-order chi connectivity index (χ0) is 57.1. The number of carboxylic acid groups (broad SMARTS) is 1. The number of carbonyl (C=O) groups excluding carboxylic acids is 4. The standard InChI is InChI=1S/C19H18BrF2N3O2S.C14H11BrF2N2O2S.C8H19N.C7H6N4O.C5H9NO.ClH/c20-10-4-5-11(21)17(18(10)22)9-6-14-13(24-19(28)25(14)8-9)7-16(27)23-12-2-1-3-15(12)26;15-7-1-2-8(16)12(13(7)17)6-3-10-9(4-11(20)21)18-14(22)19(10)5-6;1-6-9(7(2)3)8(4)5;12-7(10-3-1-8-5-10)11-4-2-9-6-11;6-4-2-1-3-5(4)7;/h4-5,9,12H,1-3,6-8H2,(H,23,27)(H,24,28);1-2,6H,3-5H2,(H,18,22)(H,20,21);7-8H,6H2,1-5H3;1-6H;4H,1-3,6H2;1H/t9-,12?;6-;;;;/m11..../s1. The second-order valence-corrected chi connectivity index (χ2v) is 22.2. The van der Waals surface area contributed by atoms with E-state index in [-0.39, 0.29) is 74.9 Å². The van der Waals surface area contributed by atoms with Crippen molar-refractivity contribution >= 4 is 98.2 Å². The maximum Gasteiger partial charge on any atom is 0.338 e. The molecule has 2 fully saturated rings. The summed E-state index contributed by atoms with van der Waals surface area (Å²) in [6.45, 7) is 13.0. The topological polar surface area (TPSA) is 224 Å². The molecule has 10 rings (SSSR count). The number of hydrogen-bond donors (Lipinski definition) is 5. The van der Waals surface area contributed by atoms with E-state index in [0.29, 0.717) is 83.9 Å². The summed E-state index contributed by atoms with van der Waals surface area (Å²) in [5, 5.41) is 11.7. The number of nitrogens with zero attached hydrogens (tertiary/aromatic N) is 7. The van der Waals surface area contributed by atoms with Gasteiger partial charge in [-0.15, -0.1) is 12.4 Å². The molecule has 2 aromatic carbocycles. The Balaban J connectivity index is 0.000000198. The molecule has 2 unspecified atom stereocenters. The zero-order valence-corrected chi connectivity index (χ0v) is 49.7. The quantitative estimate of drug-likeness (QED) is 0.0491. The number of amides is 1. The predicted octanol–water partition coefficient (Wildman–Crippen LogP) is 10.5. The van der Waals surface area contributed by atoms with E-state index in [1.807, 2.05) is 0 Å². The van der Waals surface area contributed by atoms with Crippen molar-refractivity contribution in [3.05, 3.63) is 137 Å². The lowest BCUT2D eigenvalue weighted by Crippen LogP contribution is -2.38. The van der Waals surface area contributed by atoms with Gasteiger partial charge in [0.05, 0.1) is 33.9 Å². The Morgan fingerprint density at radius 2 is 1.23 bits per heavy atom. The second kappa shape index (κ2) is 29.3. The van der Waals surface area contributed by atoms with Gasteiger partial charge in [0.15, 0.2) is 15.3 Å². The van der Waals surface area contributed by atoms with E-state index in [2.05, 4.69) is 96.6 Å². The Morgan fingerprint density at radius 3 is 1.57 bits per heavy atom. The molecule has 26 heteroatoms. The van der Waals surface area contributed by atoms with Crippen molar-refractivity contribution in [1.82, 2.24) is 48.4 Å². The van der Waals surface area contributed by atoms with Gasteiger partial charge in [0, 0.05) is 109 Å². The average molecular weight is 1290 g/mol. The third-order valence-electron chi connectivity index (χ3n) is 13.8. The number of aromatic amines is 2. The number of hydrogen-bond acceptors (Lipinski definition) is 11. The molecular weight excluding hydrogens is 1220 g/mol. The lowest BCUT2D eigenvalue weighted by molar-refractivity contribution is -0.136. The van der Waals surface area contributed by atoms with Gasteiger partial charge in [-0.2, -0.15) is 0 Å². The number of Topliss-reactive ketones (excluding diaryl/α,β-unsaturated/α-hetero) is 2. The van der Waals surface area contributed by atoms with Crippen molar-refractivity contribution in [3.63, 3.8) is 0 Å². The fourth-order valence-electron chi connectivity index (χ4n) is 10.1. The largest absolute Gasteiger partial charge is 0.481 e. The predicted molar refractivity (Wildman–Crippen MR) is 303 cm³/mol. The molecule has 6 N–H and O–H groups in total. The van der Waals surface area contributed by atoms with Crippen molar-refractivity contribution in [2.45, 2.75) is 148 Å². The molecule has 428 valence electrons. The number of nitrogens with one attached hydrogen (secondary N) is 3. The zero-order valence-electron chi connectivity index (χ0n) is 44.1. The lowest BCUT2D eigenvalue weighted by Gasteiger charge is -2.28. The summed E-state index contributed by atoms with van der Waals surface area (Å²) in [5.41, 5.74) is 7.98. The summed E-state index contributed by atoms with van der Waals surface area (Å²) in [6, 6.07) is 5.78. The van der Waals surface area contributed by atoms with Crippen LogP contribution in [0.2, 0.25) is 0 Å². The highest BCUT2D eigenvalue weighted by atomic mass is 79.9. The summed E-state index contributed by atoms with van der Waals surface area (Å²) >= 11 is 16.7. The minimum absolute atomic E-state index is 0. The average Bonchev–Trinajstić information content (AvgIpc) is 4.29. The Bertz CT molecular complexity index is 3180. The summed E-state index contributed by atoms with van der Waals surface area (Å²) < 4.78 is 64.5. The van der Waals surface area contributed by atoms with Crippen LogP contribution in [0.4, 0.5) is 22.4 Å². The molecule has 6 aromatic rings. The van der Waals surface area contributed by atoms with E-state index >= 15 is 0 Å². The smallest absolute Gasteiger partial charge is 0.338 e. The van der Waals surface area contributed by atoms with Crippen LogP contribution in [0.5, 0.6) is 0 Å². The van der Waals surface area contributed by atoms with Gasteiger partial charge in [0.1, 0.15) is 41.7 Å². The van der Waals surface area contributed by atoms with Crippen LogP contribution in [0, 0.1) is 32.8 Å². The highest BCUT2D eigenvalue weighted by molar-refractivity contribution is 9.10. The van der Waals surface area contributed by atoms with Crippen LogP contribution < -0.4 is 11.1 Å². The van der Waals surface area contributed by atoms with Gasteiger partial charge >= 0.3 is 12.0 Å². The number of nitrogens with two attached hydrogens (primary N) is 1. The van der Waals surface area contributed by atoms with Crippen LogP contribution >= 0.6 is 68.7 Å². The van der Waals surface area contributed by atoms with Gasteiger partial charge in [-0.05, 0) is 153 Å². The minimum atomic E-state index is -0.983. The molecule has 1 amide bonds. The van der Waals surface area contributed by atoms with Crippen molar-refractivity contribution in [2.24, 2.45) is 5.73 Å². The molecule has 4 aliphatic rings. The third kappa shape index (κ3) is 16.4. The van der Waals surface area contributed by atoms with Gasteiger partial charge in [0.25, 0.3) is 0 Å². The van der Waals surface area contributed by atoms with E-state index in [9.17, 15) is 41.5 Å². The molecule has 4 aromatic heterocycles. The van der Waals surface area contributed by atoms with Gasteiger partial charge in [-0.3, -0.25) is 33.2 Å². The highest BCUT2D eigenvalue weighted by Gasteiger charge is 2.34. The maximum absolute atomic E-state index is 14.5. The summed E-state index contributed by atoms with van der Waals surface area (Å²) in [4.78, 5) is 72.7. The number of rotatable bonds is 10. The van der Waals surface area contributed by atoms with E-state index in [1.54, 1.807) is 33.9 Å². The number of aromatic nitrogens is 8. The van der Waals surface area contributed by atoms with E-state index in [1.165, 1.54) is 46.1 Å². The van der Waals surface area contributed by atoms with Crippen molar-refractivity contribution in [3.8, 4) is 0 Å². The summed E-state index contributed by atoms with van der Waals surface area (Å²) in [5.74, 6) is -4.18. The fourth-order valence-corrected chi connectivity index (χ4v) is 11.4. The Morgan fingerprint density at radius 1 is 0.772 bits per heavy atom. The number of H-pyrrole nitrogens is 2. The molecule has 2 aliphatic carbocycles. The van der Waals surface area contributed by atoms with E-state index in [0.717, 1.165) is 31.5 Å². The van der Waals surface area contributed by atoms with Crippen molar-refractivity contribution < 1.29 is 46.6 Å². The Hall–Kier alpha value is -5.44. The van der Waals surface area contributed by atoms with Crippen LogP contribution in [0.3, 0.4) is 0 Å². The summed E-state index contributed by atoms with van der Waals surface area (Å²) in [6.07, 6.45) is 14.3. The highest BCUT2D eigenvalue weighted by Crippen LogP contribution is 2.38. The molecule has 6 heterocycles. The molecular formula is C53H64Br2ClF4N11O6S2. The van der Waals surface area contributed by atoms with Crippen LogP contribution in [-0.4, -0.2) is 108 Å². The number of carboxylic acids is 1. The van der Waals surface area contributed by atoms with Gasteiger partial charge in [-0.1, -0.05) is 6.92 Å². The van der Waals surface area contributed by atoms with Crippen molar-refractivity contribution in [2.75, 3.05) is 6.54 Å². The van der Waals surface area contributed by atoms with Gasteiger partial charge < -0.3 is 35.3 Å². The Labute approximate surface area is 487 Å². The molecule has 4 atom stereocenters. The number of benzene rings is 2. The first-order chi connectivity index (χ1) is 37.0. The molecule has 0 spiro atoms. The van der Waals surface area contributed by atoms with Crippen molar-refractivity contribution in [1.29, 1.82) is 0 Å². The SMILES string of the molecule is CCN(C(C)C)C(C)C.Cl.NC1CCCC1=O.O=C(Cc1[nH]c(=S)n2c1C[C@@H](c1c(F)ccc(Br)c1F)C2)NC1CCCC1=O.O=C(O)Cc1[nH]c(=S)n2c1C[C@@H](c1c(F)ccc(Br)c1F)C2.O=C(n1ccnc1)n1ccnc1. The molecule has 0 radical (unpaired) electrons. The van der Waals surface area contributed by atoms with E-state index < -0.39 is 47.1 Å².